The Bertz CT molecular complexity index is 888. The van der Waals surface area contributed by atoms with Crippen molar-refractivity contribution in [3.05, 3.63) is 106 Å². The molecule has 0 aromatic heterocycles. The third kappa shape index (κ3) is 4.19. The lowest BCUT2D eigenvalue weighted by molar-refractivity contribution is 0.222. The maximum absolute atomic E-state index is 6.69. The van der Waals surface area contributed by atoms with Crippen LogP contribution in [0, 0.1) is 0 Å². The van der Waals surface area contributed by atoms with Crippen LogP contribution in [-0.2, 0) is 4.52 Å². The molecule has 4 rings (SSSR count). The average molecular weight is 469 g/mol. The molecule has 0 saturated carbocycles. The van der Waals surface area contributed by atoms with Crippen molar-refractivity contribution in [3.63, 3.8) is 0 Å². The topological polar surface area (TPSA) is 15.7 Å². The second kappa shape index (κ2) is 9.07. The standard InChI is InChI=1S/C24H26BrN2OP/c1-18(21-16-10-11-17-22(21)25)28-29-26(2)23(19-12-6-4-7-13-19)24(27(29)3)20-14-8-5-9-15-20/h4-18,23-24H,1-3H3/t18-,23-,24-/m1/s1. The van der Waals surface area contributed by atoms with E-state index >= 15 is 0 Å². The van der Waals surface area contributed by atoms with E-state index < -0.39 is 8.45 Å². The minimum atomic E-state index is -0.923. The Hall–Kier alpha value is -1.55. The van der Waals surface area contributed by atoms with Crippen molar-refractivity contribution < 1.29 is 4.52 Å². The van der Waals surface area contributed by atoms with E-state index in [-0.39, 0.29) is 18.2 Å². The Morgan fingerprint density at radius 1 is 0.759 bits per heavy atom. The van der Waals surface area contributed by atoms with Crippen LogP contribution in [-0.4, -0.2) is 23.4 Å². The molecular formula is C24H26BrN2OP. The molecule has 1 fully saturated rings. The van der Waals surface area contributed by atoms with Gasteiger partial charge in [-0.05, 0) is 43.8 Å². The first-order chi connectivity index (χ1) is 14.1. The molecule has 0 aliphatic carbocycles. The van der Waals surface area contributed by atoms with Crippen molar-refractivity contribution >= 4 is 24.4 Å². The van der Waals surface area contributed by atoms with Crippen molar-refractivity contribution in [2.75, 3.05) is 14.1 Å². The molecule has 150 valence electrons. The van der Waals surface area contributed by atoms with E-state index in [0.717, 1.165) is 4.47 Å². The summed E-state index contributed by atoms with van der Waals surface area (Å²) in [4.78, 5) is 0. The summed E-state index contributed by atoms with van der Waals surface area (Å²) in [6.07, 6.45) is -0.00691. The lowest BCUT2D eigenvalue weighted by atomic mass is 9.93. The van der Waals surface area contributed by atoms with Crippen molar-refractivity contribution in [3.8, 4) is 0 Å². The van der Waals surface area contributed by atoms with Gasteiger partial charge in [0.2, 0.25) is 0 Å². The molecular weight excluding hydrogens is 443 g/mol. The SMILES string of the molecule is C[C@@H](OP1N(C)[C@H](c2ccccc2)[C@@H](c2ccccc2)N1C)c1ccccc1Br. The summed E-state index contributed by atoms with van der Waals surface area (Å²) in [6.45, 7) is 2.14. The normalized spacial score (nSPS) is 22.1. The van der Waals surface area contributed by atoms with Crippen LogP contribution >= 0.6 is 24.4 Å². The van der Waals surface area contributed by atoms with Crippen LogP contribution in [0.25, 0.3) is 0 Å². The first-order valence-electron chi connectivity index (χ1n) is 9.84. The third-order valence-electron chi connectivity index (χ3n) is 5.52. The van der Waals surface area contributed by atoms with Gasteiger partial charge in [0.25, 0.3) is 0 Å². The van der Waals surface area contributed by atoms with Crippen LogP contribution in [0.3, 0.4) is 0 Å². The van der Waals surface area contributed by atoms with Gasteiger partial charge in [-0.25, -0.2) is 9.34 Å². The van der Waals surface area contributed by atoms with Crippen LogP contribution < -0.4 is 0 Å². The highest BCUT2D eigenvalue weighted by molar-refractivity contribution is 9.10. The van der Waals surface area contributed by atoms with Crippen LogP contribution in [0.2, 0.25) is 0 Å². The van der Waals surface area contributed by atoms with E-state index in [9.17, 15) is 0 Å². The second-order valence-electron chi connectivity index (χ2n) is 7.38. The van der Waals surface area contributed by atoms with Gasteiger partial charge in [0, 0.05) is 4.47 Å². The lowest BCUT2D eigenvalue weighted by Gasteiger charge is -2.29. The van der Waals surface area contributed by atoms with E-state index in [0.29, 0.717) is 0 Å². The fraction of sp³-hybridized carbons (Fsp3) is 0.250. The molecule has 3 aromatic rings. The zero-order chi connectivity index (χ0) is 20.4. The minimum Gasteiger partial charge on any atom is -0.323 e. The quantitative estimate of drug-likeness (QED) is 0.371. The molecule has 1 heterocycles. The van der Waals surface area contributed by atoms with Crippen LogP contribution in [0.1, 0.15) is 41.8 Å². The molecule has 0 amide bonds. The molecule has 0 unspecified atom stereocenters. The molecule has 1 aliphatic rings. The summed E-state index contributed by atoms with van der Waals surface area (Å²) in [6, 6.07) is 30.3. The summed E-state index contributed by atoms with van der Waals surface area (Å²) in [5, 5.41) is 0. The van der Waals surface area contributed by atoms with Crippen molar-refractivity contribution in [2.24, 2.45) is 0 Å². The van der Waals surface area contributed by atoms with Gasteiger partial charge in [-0.1, -0.05) is 94.8 Å². The first kappa shape index (κ1) is 20.7. The van der Waals surface area contributed by atoms with Gasteiger partial charge in [-0.15, -0.1) is 0 Å². The maximum atomic E-state index is 6.69. The number of likely N-dealkylation sites (N-methyl/N-ethyl adjacent to an activating group) is 2. The Balaban J connectivity index is 1.68. The maximum Gasteiger partial charge on any atom is 0.189 e. The molecule has 29 heavy (non-hydrogen) atoms. The van der Waals surface area contributed by atoms with Gasteiger partial charge >= 0.3 is 0 Å². The summed E-state index contributed by atoms with van der Waals surface area (Å²) in [5.74, 6) is 0. The van der Waals surface area contributed by atoms with E-state index in [1.165, 1.54) is 16.7 Å². The smallest absolute Gasteiger partial charge is 0.189 e. The van der Waals surface area contributed by atoms with Gasteiger partial charge in [0.1, 0.15) is 0 Å². The summed E-state index contributed by atoms with van der Waals surface area (Å²) >= 11 is 3.67. The first-order valence-corrected chi connectivity index (χ1v) is 11.8. The van der Waals surface area contributed by atoms with Gasteiger partial charge < -0.3 is 4.52 Å². The predicted octanol–water partition coefficient (Wildman–Crippen LogP) is 7.11. The molecule has 3 atom stereocenters. The van der Waals surface area contributed by atoms with Crippen molar-refractivity contribution in [2.45, 2.75) is 25.1 Å². The largest absolute Gasteiger partial charge is 0.323 e. The summed E-state index contributed by atoms with van der Waals surface area (Å²) < 4.78 is 12.6. The Kier molecular flexibility index (Phi) is 6.48. The average Bonchev–Trinajstić information content (AvgIpc) is 3.00. The highest BCUT2D eigenvalue weighted by atomic mass is 79.9. The number of nitrogens with zero attached hydrogens (tertiary/aromatic N) is 2. The number of benzene rings is 3. The van der Waals surface area contributed by atoms with Gasteiger partial charge in [-0.3, -0.25) is 0 Å². The van der Waals surface area contributed by atoms with Gasteiger partial charge in [0.15, 0.2) is 8.45 Å². The zero-order valence-electron chi connectivity index (χ0n) is 16.9. The second-order valence-corrected chi connectivity index (χ2v) is 10.2. The van der Waals surface area contributed by atoms with E-state index in [1.54, 1.807) is 0 Å². The molecule has 5 heteroatoms. The monoisotopic (exact) mass is 468 g/mol. The molecule has 3 nitrogen and oxygen atoms in total. The van der Waals surface area contributed by atoms with Crippen molar-refractivity contribution in [1.82, 2.24) is 9.34 Å². The highest BCUT2D eigenvalue weighted by Gasteiger charge is 2.47. The Morgan fingerprint density at radius 2 is 1.21 bits per heavy atom. The molecule has 0 bridgehead atoms. The third-order valence-corrected chi connectivity index (χ3v) is 8.33. The molecule has 0 N–H and O–H groups in total. The van der Waals surface area contributed by atoms with E-state index in [2.05, 4.69) is 125 Å². The van der Waals surface area contributed by atoms with Crippen LogP contribution in [0.15, 0.2) is 89.4 Å². The number of halogens is 1. The molecule has 1 aliphatic heterocycles. The minimum absolute atomic E-state index is 0.00691. The van der Waals surface area contributed by atoms with Gasteiger partial charge in [-0.2, -0.15) is 0 Å². The number of hydrogen-bond donors (Lipinski definition) is 0. The molecule has 3 aromatic carbocycles. The number of hydrogen-bond acceptors (Lipinski definition) is 3. The van der Waals surface area contributed by atoms with Gasteiger partial charge in [0.05, 0.1) is 18.2 Å². The summed E-state index contributed by atoms with van der Waals surface area (Å²) in [7, 11) is 3.46. The van der Waals surface area contributed by atoms with Crippen LogP contribution in [0.5, 0.6) is 0 Å². The number of rotatable bonds is 5. The summed E-state index contributed by atoms with van der Waals surface area (Å²) in [5.41, 5.74) is 3.81. The highest BCUT2D eigenvalue weighted by Crippen LogP contribution is 2.64. The van der Waals surface area contributed by atoms with E-state index in [4.69, 9.17) is 4.52 Å². The Labute approximate surface area is 183 Å². The zero-order valence-corrected chi connectivity index (χ0v) is 19.4. The fourth-order valence-electron chi connectivity index (χ4n) is 4.09. The molecule has 0 spiro atoms. The molecule has 0 radical (unpaired) electrons. The fourth-order valence-corrected chi connectivity index (χ4v) is 6.78. The van der Waals surface area contributed by atoms with Crippen molar-refractivity contribution in [1.29, 1.82) is 0 Å². The van der Waals surface area contributed by atoms with E-state index in [1.807, 2.05) is 6.07 Å². The molecule has 1 saturated heterocycles. The lowest BCUT2D eigenvalue weighted by Crippen LogP contribution is -2.20. The Morgan fingerprint density at radius 3 is 1.69 bits per heavy atom. The van der Waals surface area contributed by atoms with Crippen LogP contribution in [0.4, 0.5) is 0 Å². The predicted molar refractivity (Wildman–Crippen MR) is 124 cm³/mol.